The second-order valence-corrected chi connectivity index (χ2v) is 8.94. The molecular weight excluding hydrogens is 465 g/mol. The number of allylic oxidation sites excluding steroid dienone is 9. The van der Waals surface area contributed by atoms with Gasteiger partial charge < -0.3 is 16.0 Å². The monoisotopic (exact) mass is 506 g/mol. The molecule has 0 spiro atoms. The molecule has 1 amide bonds. The molecule has 1 rings (SSSR count). The fourth-order valence-corrected chi connectivity index (χ4v) is 3.69. The van der Waals surface area contributed by atoms with Gasteiger partial charge in [-0.25, -0.2) is 4.98 Å². The first-order chi connectivity index (χ1) is 17.0. The maximum Gasteiger partial charge on any atom is 0.392 e. The van der Waals surface area contributed by atoms with Gasteiger partial charge in [-0.2, -0.15) is 13.2 Å². The molecule has 36 heavy (non-hydrogen) atoms. The number of imidazole rings is 1. The highest BCUT2D eigenvalue weighted by molar-refractivity contribution is 5.79. The largest absolute Gasteiger partial charge is 0.392 e. The third kappa shape index (κ3) is 11.7. The van der Waals surface area contributed by atoms with Crippen molar-refractivity contribution in [2.75, 3.05) is 0 Å². The Hall–Kier alpha value is -2.87. The van der Waals surface area contributed by atoms with Crippen LogP contribution >= 0.6 is 0 Å². The zero-order valence-corrected chi connectivity index (χ0v) is 21.8. The SMILES string of the molecule is C=CC/C=C(\C=C/CC(F)(F)F)c1ncc(C)n1C/C(C)=C(/C=C\CC)CCCCCC(N)C(N)=O. The van der Waals surface area contributed by atoms with Crippen LogP contribution in [0.25, 0.3) is 5.57 Å². The number of primary amides is 1. The number of alkyl halides is 3. The predicted octanol–water partition coefficient (Wildman–Crippen LogP) is 6.71. The van der Waals surface area contributed by atoms with Gasteiger partial charge in [0.15, 0.2) is 0 Å². The Bertz CT molecular complexity index is 968. The Morgan fingerprint density at radius 1 is 1.22 bits per heavy atom. The van der Waals surface area contributed by atoms with E-state index >= 15 is 0 Å². The highest BCUT2D eigenvalue weighted by Crippen LogP contribution is 2.25. The first-order valence-electron chi connectivity index (χ1n) is 12.5. The smallest absolute Gasteiger partial charge is 0.368 e. The van der Waals surface area contributed by atoms with Gasteiger partial charge in [0, 0.05) is 24.0 Å². The summed E-state index contributed by atoms with van der Waals surface area (Å²) < 4.78 is 40.1. The van der Waals surface area contributed by atoms with Crippen molar-refractivity contribution in [3.05, 3.63) is 71.9 Å². The summed E-state index contributed by atoms with van der Waals surface area (Å²) in [6.07, 6.45) is 12.5. The maximum atomic E-state index is 12.7. The molecule has 4 N–H and O–H groups in total. The van der Waals surface area contributed by atoms with Crippen LogP contribution in [0.15, 0.2) is 60.4 Å². The van der Waals surface area contributed by atoms with Gasteiger partial charge in [0.05, 0.1) is 12.5 Å². The Kier molecular flexibility index (Phi) is 13.8. The number of carbonyl (C=O) groups is 1. The lowest BCUT2D eigenvalue weighted by molar-refractivity contribution is -0.125. The highest BCUT2D eigenvalue weighted by Gasteiger charge is 2.24. The molecule has 0 bridgehead atoms. The van der Waals surface area contributed by atoms with Crippen LogP contribution in [0.2, 0.25) is 0 Å². The molecular formula is C28H41F3N4O. The molecule has 0 aromatic carbocycles. The van der Waals surface area contributed by atoms with Crippen molar-refractivity contribution in [1.82, 2.24) is 9.55 Å². The molecule has 0 aliphatic heterocycles. The van der Waals surface area contributed by atoms with Crippen LogP contribution in [-0.2, 0) is 11.3 Å². The van der Waals surface area contributed by atoms with E-state index in [-0.39, 0.29) is 0 Å². The van der Waals surface area contributed by atoms with Crippen molar-refractivity contribution in [2.45, 2.75) is 90.9 Å². The highest BCUT2D eigenvalue weighted by atomic mass is 19.4. The summed E-state index contributed by atoms with van der Waals surface area (Å²) in [4.78, 5) is 15.6. The number of aromatic nitrogens is 2. The van der Waals surface area contributed by atoms with E-state index in [1.165, 1.54) is 17.2 Å². The summed E-state index contributed by atoms with van der Waals surface area (Å²) in [5.41, 5.74) is 14.9. The first-order valence-corrected chi connectivity index (χ1v) is 12.5. The lowest BCUT2D eigenvalue weighted by Gasteiger charge is -2.15. The predicted molar refractivity (Wildman–Crippen MR) is 142 cm³/mol. The van der Waals surface area contributed by atoms with Gasteiger partial charge >= 0.3 is 6.18 Å². The van der Waals surface area contributed by atoms with Crippen molar-refractivity contribution in [3.63, 3.8) is 0 Å². The minimum Gasteiger partial charge on any atom is -0.368 e. The van der Waals surface area contributed by atoms with E-state index in [4.69, 9.17) is 11.5 Å². The fraction of sp³-hybridized carbons (Fsp3) is 0.500. The molecule has 0 saturated heterocycles. The van der Waals surface area contributed by atoms with Crippen molar-refractivity contribution in [2.24, 2.45) is 11.5 Å². The molecule has 1 heterocycles. The van der Waals surface area contributed by atoms with Gasteiger partial charge in [0.2, 0.25) is 5.91 Å². The van der Waals surface area contributed by atoms with Crippen LogP contribution < -0.4 is 11.5 Å². The summed E-state index contributed by atoms with van der Waals surface area (Å²) in [6.45, 7) is 10.4. The van der Waals surface area contributed by atoms with Gasteiger partial charge in [-0.15, -0.1) is 6.58 Å². The Labute approximate surface area is 213 Å². The number of nitrogens with two attached hydrogens (primary N) is 2. The van der Waals surface area contributed by atoms with E-state index in [1.807, 2.05) is 17.6 Å². The third-order valence-corrected chi connectivity index (χ3v) is 5.79. The summed E-state index contributed by atoms with van der Waals surface area (Å²) in [5, 5.41) is 0. The molecule has 200 valence electrons. The van der Waals surface area contributed by atoms with Crippen molar-refractivity contribution in [3.8, 4) is 0 Å². The Balaban J connectivity index is 3.11. The number of hydrogen-bond donors (Lipinski definition) is 2. The van der Waals surface area contributed by atoms with Gasteiger partial charge in [0.1, 0.15) is 5.82 Å². The number of carbonyl (C=O) groups excluding carboxylic acids is 1. The van der Waals surface area contributed by atoms with Gasteiger partial charge in [0.25, 0.3) is 0 Å². The van der Waals surface area contributed by atoms with Gasteiger partial charge in [-0.3, -0.25) is 4.79 Å². The summed E-state index contributed by atoms with van der Waals surface area (Å²) in [6, 6.07) is -0.599. The van der Waals surface area contributed by atoms with Crippen LogP contribution in [0, 0.1) is 6.92 Å². The number of amides is 1. The number of unbranched alkanes of at least 4 members (excludes halogenated alkanes) is 2. The lowest BCUT2D eigenvalue weighted by Crippen LogP contribution is -2.36. The number of hydrogen-bond acceptors (Lipinski definition) is 3. The second kappa shape index (κ2) is 16.0. The molecule has 0 saturated carbocycles. The zero-order chi connectivity index (χ0) is 27.1. The molecule has 1 aromatic rings. The quantitative estimate of drug-likeness (QED) is 0.148. The molecule has 8 heteroatoms. The van der Waals surface area contributed by atoms with E-state index in [2.05, 4.69) is 37.6 Å². The Morgan fingerprint density at radius 3 is 2.56 bits per heavy atom. The van der Waals surface area contributed by atoms with Crippen molar-refractivity contribution >= 4 is 11.5 Å². The molecule has 0 radical (unpaired) electrons. The second-order valence-electron chi connectivity index (χ2n) is 8.94. The fourth-order valence-electron chi connectivity index (χ4n) is 3.69. The van der Waals surface area contributed by atoms with Crippen LogP contribution in [0.4, 0.5) is 13.2 Å². The minimum absolute atomic E-state index is 0.474. The standard InChI is InChI=1S/C28H41F3N4O/c1-5-7-13-23(15-10-9-11-17-25(32)26(33)36)21(3)20-35-22(4)19-34-27(35)24(14-8-6-2)16-12-18-28(29,30)31/h6-7,12-14,16,19,25H,2,5,8-11,15,17-18,20,32H2,1,3-4H3,(H2,33,36)/b13-7-,16-12-,23-21-,24-14+. The van der Waals surface area contributed by atoms with E-state index in [9.17, 15) is 18.0 Å². The Morgan fingerprint density at radius 2 is 1.94 bits per heavy atom. The van der Waals surface area contributed by atoms with Crippen molar-refractivity contribution in [1.29, 1.82) is 0 Å². The molecule has 0 aliphatic carbocycles. The first kappa shape index (κ1) is 31.2. The molecule has 1 atom stereocenters. The molecule has 1 unspecified atom stereocenters. The topological polar surface area (TPSA) is 86.9 Å². The number of rotatable bonds is 16. The zero-order valence-electron chi connectivity index (χ0n) is 21.8. The van der Waals surface area contributed by atoms with E-state index in [0.717, 1.165) is 43.9 Å². The maximum absolute atomic E-state index is 12.7. The van der Waals surface area contributed by atoms with Gasteiger partial charge in [-0.1, -0.05) is 61.8 Å². The average molecular weight is 507 g/mol. The number of aryl methyl sites for hydroxylation is 1. The molecule has 0 fully saturated rings. The van der Waals surface area contributed by atoms with Crippen LogP contribution in [0.1, 0.15) is 76.7 Å². The summed E-state index contributed by atoms with van der Waals surface area (Å²) in [5.74, 6) is 0.157. The van der Waals surface area contributed by atoms with Crippen LogP contribution in [0.3, 0.4) is 0 Å². The van der Waals surface area contributed by atoms with Gasteiger partial charge in [-0.05, 0) is 51.5 Å². The summed E-state index contributed by atoms with van der Waals surface area (Å²) in [7, 11) is 0. The van der Waals surface area contributed by atoms with E-state index in [0.29, 0.717) is 30.8 Å². The average Bonchev–Trinajstić information content (AvgIpc) is 3.16. The third-order valence-electron chi connectivity index (χ3n) is 5.79. The number of halogens is 3. The molecule has 0 aliphatic rings. The van der Waals surface area contributed by atoms with E-state index < -0.39 is 24.5 Å². The normalized spacial score (nSPS) is 14.5. The number of nitrogens with zero attached hydrogens (tertiary/aromatic N) is 2. The minimum atomic E-state index is -4.25. The van der Waals surface area contributed by atoms with E-state index in [1.54, 1.807) is 12.3 Å². The van der Waals surface area contributed by atoms with Crippen molar-refractivity contribution < 1.29 is 18.0 Å². The van der Waals surface area contributed by atoms with Crippen LogP contribution in [-0.4, -0.2) is 27.7 Å². The van der Waals surface area contributed by atoms with Crippen LogP contribution in [0.5, 0.6) is 0 Å². The molecule has 5 nitrogen and oxygen atoms in total. The summed E-state index contributed by atoms with van der Waals surface area (Å²) >= 11 is 0. The lowest BCUT2D eigenvalue weighted by atomic mass is 9.99. The molecule has 1 aromatic heterocycles.